The Bertz CT molecular complexity index is 1380. The molecule has 10 nitrogen and oxygen atoms in total. The summed E-state index contributed by atoms with van der Waals surface area (Å²) in [5.74, 6) is -3.08. The molecule has 0 amide bonds. The number of rotatable bonds is 7. The fourth-order valence-corrected chi connectivity index (χ4v) is 11.1. The standard InChI is InChI=1S/C36H53NO9/c1-17(8-10-37-6)18(2)29(42)32-35(5,44)31-26(46-32)16-36(45)23-14-24(40)28-27(19-11-20(38)13-21(39)12-19)30(43)25(41)15-33(28,3)22(23)7-9-34(31,36)4/h11-14,17-18,22,25-32,37-39,41-45H,7-10,15-16H2,1-6H3/t17-,18+,22-,25+,26+,27+,28+,29+,30+,31-,32-,33-,34-,35-,36+/m1/s1. The molecule has 0 unspecified atom stereocenters. The second-order valence-electron chi connectivity index (χ2n) is 16.1. The molecule has 1 heterocycles. The first-order chi connectivity index (χ1) is 21.4. The number of aliphatic hydroxyl groups is 5. The minimum absolute atomic E-state index is 0.129. The molecule has 6 rings (SSSR count). The highest BCUT2D eigenvalue weighted by molar-refractivity contribution is 5.96. The highest BCUT2D eigenvalue weighted by atomic mass is 16.5. The Morgan fingerprint density at radius 3 is 2.33 bits per heavy atom. The Hall–Kier alpha value is -2.05. The van der Waals surface area contributed by atoms with Gasteiger partial charge < -0.3 is 45.8 Å². The van der Waals surface area contributed by atoms with Gasteiger partial charge in [0.25, 0.3) is 0 Å². The monoisotopic (exact) mass is 643 g/mol. The van der Waals surface area contributed by atoms with E-state index >= 15 is 0 Å². The molecule has 8 N–H and O–H groups in total. The first kappa shape index (κ1) is 33.8. The minimum atomic E-state index is -1.47. The third kappa shape index (κ3) is 4.65. The summed E-state index contributed by atoms with van der Waals surface area (Å²) in [7, 11) is 1.89. The van der Waals surface area contributed by atoms with Crippen LogP contribution in [0.25, 0.3) is 0 Å². The van der Waals surface area contributed by atoms with E-state index in [-0.39, 0.29) is 47.9 Å². The summed E-state index contributed by atoms with van der Waals surface area (Å²) in [6.07, 6.45) is -0.918. The normalized spacial score (nSPS) is 46.8. The molecule has 256 valence electrons. The second-order valence-corrected chi connectivity index (χ2v) is 16.1. The summed E-state index contributed by atoms with van der Waals surface area (Å²) < 4.78 is 6.52. The summed E-state index contributed by atoms with van der Waals surface area (Å²) in [4.78, 5) is 14.2. The minimum Gasteiger partial charge on any atom is -0.508 e. The van der Waals surface area contributed by atoms with Gasteiger partial charge in [0.15, 0.2) is 5.78 Å². The summed E-state index contributed by atoms with van der Waals surface area (Å²) in [6.45, 7) is 10.5. The van der Waals surface area contributed by atoms with E-state index in [1.54, 1.807) is 6.92 Å². The van der Waals surface area contributed by atoms with Crippen LogP contribution in [0.4, 0.5) is 0 Å². The highest BCUT2D eigenvalue weighted by Crippen LogP contribution is 2.71. The van der Waals surface area contributed by atoms with Crippen molar-refractivity contribution in [3.63, 3.8) is 0 Å². The van der Waals surface area contributed by atoms with Crippen molar-refractivity contribution in [3.8, 4) is 11.5 Å². The molecule has 4 fully saturated rings. The van der Waals surface area contributed by atoms with Crippen molar-refractivity contribution in [2.45, 2.75) is 114 Å². The number of ketones is 1. The largest absolute Gasteiger partial charge is 0.508 e. The van der Waals surface area contributed by atoms with Gasteiger partial charge in [0, 0.05) is 35.7 Å². The summed E-state index contributed by atoms with van der Waals surface area (Å²) >= 11 is 0. The number of fused-ring (bicyclic) bond motifs is 7. The van der Waals surface area contributed by atoms with Gasteiger partial charge in [-0.15, -0.1) is 0 Å². The van der Waals surface area contributed by atoms with Crippen molar-refractivity contribution in [3.05, 3.63) is 35.4 Å². The number of allylic oxidation sites excluding steroid dienone is 1. The summed E-state index contributed by atoms with van der Waals surface area (Å²) in [5.41, 5.74) is -3.66. The lowest BCUT2D eigenvalue weighted by Gasteiger charge is -2.61. The molecule has 15 atom stereocenters. The zero-order valence-electron chi connectivity index (χ0n) is 27.8. The maximum absolute atomic E-state index is 14.2. The number of carbonyl (C=O) groups is 1. The van der Waals surface area contributed by atoms with E-state index in [1.165, 1.54) is 24.3 Å². The molecule has 0 aromatic heterocycles. The topological polar surface area (TPSA) is 180 Å². The number of nitrogens with one attached hydrogen (secondary N) is 1. The molecule has 1 aromatic carbocycles. The van der Waals surface area contributed by atoms with Crippen molar-refractivity contribution < 1.29 is 45.3 Å². The fraction of sp³-hybridized carbons (Fsp3) is 0.750. The van der Waals surface area contributed by atoms with E-state index in [9.17, 15) is 40.5 Å². The molecule has 1 aromatic rings. The van der Waals surface area contributed by atoms with Gasteiger partial charge >= 0.3 is 0 Å². The Morgan fingerprint density at radius 1 is 1.04 bits per heavy atom. The Morgan fingerprint density at radius 2 is 1.70 bits per heavy atom. The van der Waals surface area contributed by atoms with E-state index in [0.29, 0.717) is 24.0 Å². The van der Waals surface area contributed by atoms with Crippen LogP contribution in [-0.4, -0.2) is 96.8 Å². The van der Waals surface area contributed by atoms with Gasteiger partial charge in [-0.05, 0) is 98.7 Å². The van der Waals surface area contributed by atoms with Gasteiger partial charge in [-0.1, -0.05) is 27.7 Å². The quantitative estimate of drug-likeness (QED) is 0.220. The summed E-state index contributed by atoms with van der Waals surface area (Å²) in [6, 6.07) is 4.00. The predicted molar refractivity (Wildman–Crippen MR) is 170 cm³/mol. The highest BCUT2D eigenvalue weighted by Gasteiger charge is 2.75. The molecule has 4 aliphatic carbocycles. The number of benzene rings is 1. The molecular formula is C36H53NO9. The Kier molecular flexibility index (Phi) is 8.28. The number of hydrogen-bond donors (Lipinski definition) is 8. The Labute approximate surface area is 271 Å². The van der Waals surface area contributed by atoms with Crippen molar-refractivity contribution in [2.75, 3.05) is 13.6 Å². The number of phenolic OH excluding ortho intramolecular Hbond substituents is 2. The number of phenols is 2. The number of hydrogen-bond acceptors (Lipinski definition) is 10. The third-order valence-corrected chi connectivity index (χ3v) is 13.6. The number of ether oxygens (including phenoxy) is 1. The van der Waals surface area contributed by atoms with Crippen LogP contribution < -0.4 is 5.32 Å². The van der Waals surface area contributed by atoms with Crippen molar-refractivity contribution in [1.29, 1.82) is 0 Å². The number of aliphatic hydroxyl groups excluding tert-OH is 3. The molecular weight excluding hydrogens is 590 g/mol. The van der Waals surface area contributed by atoms with Crippen LogP contribution in [0.15, 0.2) is 29.8 Å². The molecule has 1 aliphatic heterocycles. The lowest BCUT2D eigenvalue weighted by Crippen LogP contribution is -2.64. The molecule has 46 heavy (non-hydrogen) atoms. The van der Waals surface area contributed by atoms with Gasteiger partial charge in [-0.25, -0.2) is 0 Å². The van der Waals surface area contributed by atoms with Crippen molar-refractivity contribution in [1.82, 2.24) is 5.32 Å². The van der Waals surface area contributed by atoms with Crippen LogP contribution in [0.2, 0.25) is 0 Å². The maximum atomic E-state index is 14.2. The lowest BCUT2D eigenvalue weighted by atomic mass is 9.44. The van der Waals surface area contributed by atoms with Crippen molar-refractivity contribution >= 4 is 5.78 Å². The van der Waals surface area contributed by atoms with Crippen molar-refractivity contribution in [2.24, 2.45) is 40.4 Å². The first-order valence-corrected chi connectivity index (χ1v) is 17.0. The van der Waals surface area contributed by atoms with Crippen LogP contribution in [0.5, 0.6) is 11.5 Å². The fourth-order valence-electron chi connectivity index (χ4n) is 11.1. The Balaban J connectivity index is 1.35. The second kappa shape index (κ2) is 11.3. The van der Waals surface area contributed by atoms with Crippen LogP contribution in [-0.2, 0) is 9.53 Å². The first-order valence-electron chi connectivity index (χ1n) is 17.0. The van der Waals surface area contributed by atoms with Gasteiger partial charge in [0.1, 0.15) is 17.6 Å². The predicted octanol–water partition coefficient (Wildman–Crippen LogP) is 2.37. The van der Waals surface area contributed by atoms with Gasteiger partial charge in [-0.3, -0.25) is 4.79 Å². The van der Waals surface area contributed by atoms with Crippen LogP contribution in [0.3, 0.4) is 0 Å². The maximum Gasteiger partial charge on any atom is 0.160 e. The van der Waals surface area contributed by atoms with E-state index in [0.717, 1.165) is 13.0 Å². The molecule has 0 spiro atoms. The molecule has 1 saturated heterocycles. The van der Waals surface area contributed by atoms with Crippen LogP contribution in [0.1, 0.15) is 78.2 Å². The summed E-state index contributed by atoms with van der Waals surface area (Å²) in [5, 5.41) is 82.5. The SMILES string of the molecule is CNCC[C@@H](C)[C@H](C)[C@H](O)[C@H]1O[C@H]2C[C@]3(O)C4=CC(=O)[C@H]5[C@H](c6cc(O)cc(O)c6)[C@@H](O)[C@@H](O)C[C@]5(C)[C@@H]4CC[C@]3(C)[C@@H]2[C@@]1(C)O. The van der Waals surface area contributed by atoms with Crippen LogP contribution in [0, 0.1) is 40.4 Å². The zero-order valence-corrected chi connectivity index (χ0v) is 27.8. The van der Waals surface area contributed by atoms with Gasteiger partial charge in [0.05, 0.1) is 35.6 Å². The number of carbonyl (C=O) groups excluding carboxylic acids is 1. The average molecular weight is 644 g/mol. The van der Waals surface area contributed by atoms with E-state index in [4.69, 9.17) is 4.74 Å². The molecule has 0 bridgehead atoms. The van der Waals surface area contributed by atoms with E-state index < -0.39 is 70.3 Å². The smallest absolute Gasteiger partial charge is 0.160 e. The molecule has 10 heteroatoms. The van der Waals surface area contributed by atoms with Gasteiger partial charge in [-0.2, -0.15) is 0 Å². The molecule has 3 saturated carbocycles. The van der Waals surface area contributed by atoms with Crippen LogP contribution >= 0.6 is 0 Å². The van der Waals surface area contributed by atoms with Gasteiger partial charge in [0.2, 0.25) is 0 Å². The average Bonchev–Trinajstić information content (AvgIpc) is 3.37. The van der Waals surface area contributed by atoms with E-state index in [2.05, 4.69) is 12.2 Å². The third-order valence-electron chi connectivity index (χ3n) is 13.6. The number of aromatic hydroxyl groups is 2. The lowest BCUT2D eigenvalue weighted by molar-refractivity contribution is -0.177. The molecule has 0 radical (unpaired) electrons. The van der Waals surface area contributed by atoms with E-state index in [1.807, 2.05) is 27.8 Å². The zero-order chi connectivity index (χ0) is 33.7. The molecule has 5 aliphatic rings.